The first kappa shape index (κ1) is 6.89. The zero-order valence-electron chi connectivity index (χ0n) is 6.93. The Morgan fingerprint density at radius 3 is 3.45 bits per heavy atom. The Labute approximate surface area is 67.0 Å². The third kappa shape index (κ3) is 1.17. The van der Waals surface area contributed by atoms with Gasteiger partial charge in [0, 0.05) is 5.69 Å². The van der Waals surface area contributed by atoms with Gasteiger partial charge in [-0.3, -0.25) is 5.10 Å². The lowest BCUT2D eigenvalue weighted by Gasteiger charge is -2.19. The highest BCUT2D eigenvalue weighted by molar-refractivity contribution is 5.19. The summed E-state index contributed by atoms with van der Waals surface area (Å²) in [5.41, 5.74) is 2.82. The second-order valence-electron chi connectivity index (χ2n) is 3.39. The molecular weight excluding hydrogens is 136 g/mol. The third-order valence-electron chi connectivity index (χ3n) is 2.70. The molecule has 0 amide bonds. The van der Waals surface area contributed by atoms with E-state index in [1.807, 2.05) is 6.20 Å². The Balaban J connectivity index is 2.18. The summed E-state index contributed by atoms with van der Waals surface area (Å²) < 4.78 is 0. The van der Waals surface area contributed by atoms with Crippen LogP contribution in [0.15, 0.2) is 6.20 Å². The molecule has 11 heavy (non-hydrogen) atoms. The van der Waals surface area contributed by atoms with E-state index in [1.54, 1.807) is 0 Å². The minimum Gasteiger partial charge on any atom is -0.282 e. The van der Waals surface area contributed by atoms with Crippen LogP contribution in [0.5, 0.6) is 0 Å². The van der Waals surface area contributed by atoms with Crippen LogP contribution in [-0.2, 0) is 12.8 Å². The standard InChI is InChI=1S/C9H14N2/c1-2-7-3-4-8-6-10-11-9(8)5-7/h6-7H,2-5H2,1H3,(H,10,11)/t7-/m0/s1. The molecule has 0 radical (unpaired) electrons. The van der Waals surface area contributed by atoms with Crippen LogP contribution in [0.4, 0.5) is 0 Å². The van der Waals surface area contributed by atoms with Gasteiger partial charge in [0.15, 0.2) is 0 Å². The molecule has 2 heteroatoms. The molecule has 1 atom stereocenters. The van der Waals surface area contributed by atoms with Crippen LogP contribution in [0.3, 0.4) is 0 Å². The van der Waals surface area contributed by atoms with Gasteiger partial charge in [-0.2, -0.15) is 5.10 Å². The van der Waals surface area contributed by atoms with Gasteiger partial charge in [-0.15, -0.1) is 0 Å². The first-order chi connectivity index (χ1) is 5.40. The second-order valence-corrected chi connectivity index (χ2v) is 3.39. The smallest absolute Gasteiger partial charge is 0.0522 e. The Bertz CT molecular complexity index is 239. The van der Waals surface area contributed by atoms with Gasteiger partial charge >= 0.3 is 0 Å². The fraction of sp³-hybridized carbons (Fsp3) is 0.667. The number of rotatable bonds is 1. The van der Waals surface area contributed by atoms with Crippen molar-refractivity contribution in [2.24, 2.45) is 5.92 Å². The molecule has 0 saturated heterocycles. The quantitative estimate of drug-likeness (QED) is 0.651. The molecule has 0 aromatic carbocycles. The van der Waals surface area contributed by atoms with E-state index >= 15 is 0 Å². The highest BCUT2D eigenvalue weighted by Crippen LogP contribution is 2.25. The molecule has 2 rings (SSSR count). The normalized spacial score (nSPS) is 23.2. The predicted molar refractivity (Wildman–Crippen MR) is 44.4 cm³/mol. The van der Waals surface area contributed by atoms with E-state index in [4.69, 9.17) is 0 Å². The molecule has 1 aromatic heterocycles. The number of nitrogens with one attached hydrogen (secondary N) is 1. The molecule has 0 bridgehead atoms. The van der Waals surface area contributed by atoms with Gasteiger partial charge in [-0.05, 0) is 30.7 Å². The first-order valence-electron chi connectivity index (χ1n) is 4.41. The molecule has 0 spiro atoms. The second kappa shape index (κ2) is 2.68. The number of aromatic amines is 1. The Hall–Kier alpha value is -0.790. The number of aryl methyl sites for hydroxylation is 1. The number of aromatic nitrogens is 2. The van der Waals surface area contributed by atoms with E-state index in [0.29, 0.717) is 0 Å². The molecule has 60 valence electrons. The van der Waals surface area contributed by atoms with Crippen LogP contribution in [0.25, 0.3) is 0 Å². The molecular formula is C9H14N2. The minimum absolute atomic E-state index is 0.892. The largest absolute Gasteiger partial charge is 0.282 e. The average Bonchev–Trinajstić information content (AvgIpc) is 2.50. The van der Waals surface area contributed by atoms with Crippen LogP contribution in [0.1, 0.15) is 31.0 Å². The lowest BCUT2D eigenvalue weighted by atomic mass is 9.87. The first-order valence-corrected chi connectivity index (χ1v) is 4.41. The van der Waals surface area contributed by atoms with Crippen molar-refractivity contribution in [3.63, 3.8) is 0 Å². The van der Waals surface area contributed by atoms with E-state index in [9.17, 15) is 0 Å². The monoisotopic (exact) mass is 150 g/mol. The minimum atomic E-state index is 0.892. The third-order valence-corrected chi connectivity index (χ3v) is 2.70. The van der Waals surface area contributed by atoms with E-state index in [0.717, 1.165) is 5.92 Å². The van der Waals surface area contributed by atoms with Crippen molar-refractivity contribution in [3.05, 3.63) is 17.5 Å². The van der Waals surface area contributed by atoms with Crippen LogP contribution in [0, 0.1) is 5.92 Å². The highest BCUT2D eigenvalue weighted by atomic mass is 15.1. The van der Waals surface area contributed by atoms with E-state index in [2.05, 4.69) is 17.1 Å². The molecule has 1 N–H and O–H groups in total. The van der Waals surface area contributed by atoms with Gasteiger partial charge in [-0.25, -0.2) is 0 Å². The van der Waals surface area contributed by atoms with E-state index in [1.165, 1.54) is 36.9 Å². The van der Waals surface area contributed by atoms with Gasteiger partial charge in [0.2, 0.25) is 0 Å². The molecule has 1 aliphatic carbocycles. The SMILES string of the molecule is CC[C@H]1CCc2cn[nH]c2C1. The Morgan fingerprint density at radius 2 is 2.64 bits per heavy atom. The lowest BCUT2D eigenvalue weighted by Crippen LogP contribution is -2.12. The van der Waals surface area contributed by atoms with Crippen molar-refractivity contribution in [1.29, 1.82) is 0 Å². The van der Waals surface area contributed by atoms with Gasteiger partial charge in [-0.1, -0.05) is 13.3 Å². The van der Waals surface area contributed by atoms with E-state index < -0.39 is 0 Å². The van der Waals surface area contributed by atoms with Crippen molar-refractivity contribution in [2.75, 3.05) is 0 Å². The maximum atomic E-state index is 4.05. The van der Waals surface area contributed by atoms with Crippen LogP contribution in [-0.4, -0.2) is 10.2 Å². The molecule has 0 unspecified atom stereocenters. The van der Waals surface area contributed by atoms with Crippen molar-refractivity contribution in [3.8, 4) is 0 Å². The van der Waals surface area contributed by atoms with Crippen molar-refractivity contribution >= 4 is 0 Å². The topological polar surface area (TPSA) is 28.7 Å². The molecule has 2 nitrogen and oxygen atoms in total. The van der Waals surface area contributed by atoms with Crippen molar-refractivity contribution in [2.45, 2.75) is 32.6 Å². The van der Waals surface area contributed by atoms with Gasteiger partial charge in [0.25, 0.3) is 0 Å². The molecule has 0 aliphatic heterocycles. The predicted octanol–water partition coefficient (Wildman–Crippen LogP) is 1.92. The maximum Gasteiger partial charge on any atom is 0.0522 e. The van der Waals surface area contributed by atoms with Gasteiger partial charge < -0.3 is 0 Å². The summed E-state index contributed by atoms with van der Waals surface area (Å²) in [4.78, 5) is 0. The lowest BCUT2D eigenvalue weighted by molar-refractivity contribution is 0.440. The highest BCUT2D eigenvalue weighted by Gasteiger charge is 2.17. The molecule has 0 fully saturated rings. The summed E-state index contributed by atoms with van der Waals surface area (Å²) in [5, 5.41) is 7.12. The summed E-state index contributed by atoms with van der Waals surface area (Å²) in [7, 11) is 0. The summed E-state index contributed by atoms with van der Waals surface area (Å²) in [6.07, 6.45) is 7.07. The van der Waals surface area contributed by atoms with Gasteiger partial charge in [0.1, 0.15) is 0 Å². The molecule has 0 saturated carbocycles. The zero-order chi connectivity index (χ0) is 7.68. The fourth-order valence-corrected chi connectivity index (χ4v) is 1.83. The molecule has 1 aliphatic rings. The molecule has 1 heterocycles. The van der Waals surface area contributed by atoms with Crippen LogP contribution < -0.4 is 0 Å². The van der Waals surface area contributed by atoms with Crippen molar-refractivity contribution < 1.29 is 0 Å². The summed E-state index contributed by atoms with van der Waals surface area (Å²) >= 11 is 0. The number of fused-ring (bicyclic) bond motifs is 1. The average molecular weight is 150 g/mol. The van der Waals surface area contributed by atoms with Crippen molar-refractivity contribution in [1.82, 2.24) is 10.2 Å². The summed E-state index contributed by atoms with van der Waals surface area (Å²) in [6, 6.07) is 0. The number of nitrogens with zero attached hydrogens (tertiary/aromatic N) is 1. The Morgan fingerprint density at radius 1 is 1.73 bits per heavy atom. The number of hydrogen-bond donors (Lipinski definition) is 1. The number of hydrogen-bond acceptors (Lipinski definition) is 1. The summed E-state index contributed by atoms with van der Waals surface area (Å²) in [5.74, 6) is 0.892. The van der Waals surface area contributed by atoms with Gasteiger partial charge in [0.05, 0.1) is 6.20 Å². The summed E-state index contributed by atoms with van der Waals surface area (Å²) in [6.45, 7) is 2.27. The van der Waals surface area contributed by atoms with E-state index in [-0.39, 0.29) is 0 Å². The fourth-order valence-electron chi connectivity index (χ4n) is 1.83. The van der Waals surface area contributed by atoms with Crippen LogP contribution in [0.2, 0.25) is 0 Å². The number of H-pyrrole nitrogens is 1. The molecule has 1 aromatic rings. The zero-order valence-corrected chi connectivity index (χ0v) is 6.93. The maximum absolute atomic E-state index is 4.05. The Kier molecular flexibility index (Phi) is 1.68. The van der Waals surface area contributed by atoms with Crippen LogP contribution >= 0.6 is 0 Å².